The Labute approximate surface area is 46.3 Å². The highest BCUT2D eigenvalue weighted by Gasteiger charge is 1.68. The average molecular weight is 108 g/mol. The highest BCUT2D eigenvalue weighted by molar-refractivity contribution is 5.00. The number of nitrogens with zero attached hydrogens (tertiary/aromatic N) is 4. The van der Waals surface area contributed by atoms with Crippen LogP contribution in [0.15, 0.2) is 45.2 Å². The first-order valence-corrected chi connectivity index (χ1v) is 2.12. The van der Waals surface area contributed by atoms with Crippen molar-refractivity contribution in [3.05, 3.63) is 24.6 Å². The fraction of sp³-hybridized carbons (Fsp3) is 0. The summed E-state index contributed by atoms with van der Waals surface area (Å²) in [4.78, 5) is 0. The van der Waals surface area contributed by atoms with E-state index in [4.69, 9.17) is 0 Å². The standard InChI is InChI=1S/C4H4N4/c1-2-4-6-8-7-5-3-1/h1-4H/b2-1?,3-1-,4-2-,5-3?,6-4?,7-5-,8-6-,8-7?. The van der Waals surface area contributed by atoms with Crippen LogP contribution in [0, 0.1) is 0 Å². The Bertz CT molecular complexity index is 109. The molecule has 1 aliphatic rings. The van der Waals surface area contributed by atoms with E-state index in [1.165, 1.54) is 12.4 Å². The van der Waals surface area contributed by atoms with Crippen LogP contribution in [0.1, 0.15) is 0 Å². The fourth-order valence-electron chi connectivity index (χ4n) is 0.282. The Morgan fingerprint density at radius 3 is 1.75 bits per heavy atom. The van der Waals surface area contributed by atoms with Crippen LogP contribution < -0.4 is 0 Å². The molecule has 1 aliphatic heterocycles. The van der Waals surface area contributed by atoms with E-state index in [-0.39, 0.29) is 0 Å². The fourth-order valence-corrected chi connectivity index (χ4v) is 0.282. The third kappa shape index (κ3) is 1.42. The van der Waals surface area contributed by atoms with Gasteiger partial charge in [-0.2, -0.15) is 0 Å². The quantitative estimate of drug-likeness (QED) is 0.454. The maximum absolute atomic E-state index is 3.46. The highest BCUT2D eigenvalue weighted by Crippen LogP contribution is 1.88. The normalized spacial score (nSPS) is 32.0. The molecule has 0 spiro atoms. The molecule has 0 aromatic heterocycles. The number of rotatable bonds is 0. The molecule has 0 unspecified atom stereocenters. The molecule has 8 heavy (non-hydrogen) atoms. The Balaban J connectivity index is 2.67. The molecular weight excluding hydrogens is 104 g/mol. The van der Waals surface area contributed by atoms with Gasteiger partial charge in [-0.1, -0.05) is 0 Å². The van der Waals surface area contributed by atoms with E-state index in [2.05, 4.69) is 20.7 Å². The third-order valence-electron chi connectivity index (χ3n) is 0.560. The van der Waals surface area contributed by atoms with Crippen LogP contribution in [0.3, 0.4) is 0 Å². The number of allylic oxidation sites excluding steroid dienone is 2. The Morgan fingerprint density at radius 2 is 1.25 bits per heavy atom. The van der Waals surface area contributed by atoms with E-state index in [9.17, 15) is 0 Å². The predicted octanol–water partition coefficient (Wildman–Crippen LogP) is 1.85. The average Bonchev–Trinajstić information content (AvgIpc) is 1.62. The summed E-state index contributed by atoms with van der Waals surface area (Å²) in [6.45, 7) is 0. The Hall–Kier alpha value is -1.32. The summed E-state index contributed by atoms with van der Waals surface area (Å²) in [5.41, 5.74) is 0. The molecule has 0 aliphatic carbocycles. The van der Waals surface area contributed by atoms with Crippen molar-refractivity contribution in [2.45, 2.75) is 0 Å². The molecular formula is C4H4N4. The molecule has 0 N–H and O–H groups in total. The van der Waals surface area contributed by atoms with Crippen molar-refractivity contribution in [3.8, 4) is 0 Å². The number of hydrogen-bond acceptors (Lipinski definition) is 4. The van der Waals surface area contributed by atoms with Gasteiger partial charge < -0.3 is 0 Å². The van der Waals surface area contributed by atoms with Gasteiger partial charge in [0.1, 0.15) is 0 Å². The summed E-state index contributed by atoms with van der Waals surface area (Å²) in [5, 5.41) is 13.5. The van der Waals surface area contributed by atoms with Crippen LogP contribution in [-0.2, 0) is 0 Å². The van der Waals surface area contributed by atoms with Crippen LogP contribution >= 0.6 is 0 Å². The zero-order chi connectivity index (χ0) is 5.66. The second kappa shape index (κ2) is 2.79. The van der Waals surface area contributed by atoms with Gasteiger partial charge in [0, 0.05) is 0 Å². The molecule has 0 saturated heterocycles. The van der Waals surface area contributed by atoms with Gasteiger partial charge in [0.15, 0.2) is 0 Å². The van der Waals surface area contributed by atoms with E-state index in [0.717, 1.165) is 0 Å². The van der Waals surface area contributed by atoms with Crippen LogP contribution in [0.4, 0.5) is 0 Å². The van der Waals surface area contributed by atoms with Crippen molar-refractivity contribution in [1.82, 2.24) is 0 Å². The topological polar surface area (TPSA) is 49.4 Å². The molecule has 0 bridgehead atoms. The molecule has 1 heterocycles. The summed E-state index contributed by atoms with van der Waals surface area (Å²) in [7, 11) is 0. The molecule has 0 saturated carbocycles. The van der Waals surface area contributed by atoms with Crippen molar-refractivity contribution < 1.29 is 0 Å². The minimum atomic E-state index is 1.54. The van der Waals surface area contributed by atoms with Gasteiger partial charge >= 0.3 is 0 Å². The van der Waals surface area contributed by atoms with Gasteiger partial charge in [-0.25, -0.2) is 0 Å². The summed E-state index contributed by atoms with van der Waals surface area (Å²) < 4.78 is 0. The molecule has 0 fully saturated rings. The summed E-state index contributed by atoms with van der Waals surface area (Å²) >= 11 is 0. The van der Waals surface area contributed by atoms with E-state index >= 15 is 0 Å². The zero-order valence-electron chi connectivity index (χ0n) is 4.10. The van der Waals surface area contributed by atoms with Crippen molar-refractivity contribution >= 4 is 0 Å². The lowest BCUT2D eigenvalue weighted by Crippen LogP contribution is -1.54. The van der Waals surface area contributed by atoms with Gasteiger partial charge in [0.2, 0.25) is 0 Å². The molecule has 4 nitrogen and oxygen atoms in total. The van der Waals surface area contributed by atoms with E-state index < -0.39 is 0 Å². The lowest BCUT2D eigenvalue weighted by molar-refractivity contribution is 0.947. The lowest BCUT2D eigenvalue weighted by Gasteiger charge is -1.75. The predicted molar refractivity (Wildman–Crippen MR) is 28.0 cm³/mol. The lowest BCUT2D eigenvalue weighted by atomic mass is 10.6. The van der Waals surface area contributed by atoms with Crippen LogP contribution in [0.25, 0.3) is 0 Å². The van der Waals surface area contributed by atoms with E-state index in [1.54, 1.807) is 12.2 Å². The first kappa shape index (κ1) is 4.83. The second-order valence-corrected chi connectivity index (χ2v) is 1.09. The molecule has 0 radical (unpaired) electrons. The molecule has 0 aromatic carbocycles. The molecule has 4 heteroatoms. The first-order chi connectivity index (χ1) is 4.00. The highest BCUT2D eigenvalue weighted by atomic mass is 15.5. The third-order valence-corrected chi connectivity index (χ3v) is 0.560. The van der Waals surface area contributed by atoms with E-state index in [1.807, 2.05) is 0 Å². The van der Waals surface area contributed by atoms with Crippen LogP contribution in [-0.4, -0.2) is 0 Å². The van der Waals surface area contributed by atoms with Crippen molar-refractivity contribution in [2.75, 3.05) is 0 Å². The minimum Gasteiger partial charge on any atom is -0.137 e. The maximum Gasteiger partial charge on any atom is 0.0515 e. The Kier molecular flexibility index (Phi) is 1.68. The largest absolute Gasteiger partial charge is 0.137 e. The van der Waals surface area contributed by atoms with Gasteiger partial charge in [0.05, 0.1) is 12.4 Å². The monoisotopic (exact) mass is 108 g/mol. The van der Waals surface area contributed by atoms with Gasteiger partial charge in [-0.3, -0.25) is 0 Å². The second-order valence-electron chi connectivity index (χ2n) is 1.09. The minimum absolute atomic E-state index is 1.54. The van der Waals surface area contributed by atoms with Crippen molar-refractivity contribution in [1.29, 1.82) is 0 Å². The van der Waals surface area contributed by atoms with Crippen LogP contribution in [0.5, 0.6) is 0 Å². The molecule has 0 atom stereocenters. The zero-order valence-corrected chi connectivity index (χ0v) is 4.10. The summed E-state index contributed by atoms with van der Waals surface area (Å²) in [6, 6.07) is 0. The van der Waals surface area contributed by atoms with Crippen LogP contribution in [0.2, 0.25) is 0 Å². The van der Waals surface area contributed by atoms with Gasteiger partial charge in [-0.15, -0.1) is 10.2 Å². The van der Waals surface area contributed by atoms with E-state index in [0.29, 0.717) is 0 Å². The van der Waals surface area contributed by atoms with Gasteiger partial charge in [0.25, 0.3) is 0 Å². The summed E-state index contributed by atoms with van der Waals surface area (Å²) in [5.74, 6) is 0. The molecule has 0 aromatic rings. The number of hydrogen-bond donors (Lipinski definition) is 0. The molecule has 1 rings (SSSR count). The van der Waals surface area contributed by atoms with Crippen molar-refractivity contribution in [3.63, 3.8) is 0 Å². The Morgan fingerprint density at radius 1 is 0.750 bits per heavy atom. The summed E-state index contributed by atoms with van der Waals surface area (Å²) in [6.07, 6.45) is 6.52. The maximum atomic E-state index is 3.46. The molecule has 40 valence electrons. The smallest absolute Gasteiger partial charge is 0.0515 e. The SMILES string of the molecule is C1=C\N=N/N=N\C=C/1. The first-order valence-electron chi connectivity index (χ1n) is 2.12. The van der Waals surface area contributed by atoms with Crippen molar-refractivity contribution in [2.24, 2.45) is 20.7 Å². The van der Waals surface area contributed by atoms with Gasteiger partial charge in [-0.05, 0) is 22.6 Å². The molecule has 0 amide bonds.